The molecule has 0 saturated heterocycles. The first-order valence-electron chi connectivity index (χ1n) is 9.96. The standard InChI is InChI=1S/C22H24N2O8/c1-21(24(2)3)16-14(26)9-7-8-5-4-6-10(25)11(8)15(27)12(9)18(29)22(16,32)19(30)13(17(21)28)20(23)31/h4-6,9,14,16,25-28,32H,7H2,1-3H3,(H2,23,31). The number of phenolic OH excluding ortho intramolecular Hbond substituents is 1. The van der Waals surface area contributed by atoms with Gasteiger partial charge in [0.05, 0.1) is 23.1 Å². The number of aliphatic hydroxyl groups is 4. The third-order valence-corrected chi connectivity index (χ3v) is 7.30. The number of nitrogens with two attached hydrogens (primary N) is 1. The van der Waals surface area contributed by atoms with Gasteiger partial charge in [0.15, 0.2) is 5.60 Å². The third kappa shape index (κ3) is 2.37. The molecule has 10 nitrogen and oxygen atoms in total. The van der Waals surface area contributed by atoms with Crippen LogP contribution in [-0.2, 0) is 20.8 Å². The van der Waals surface area contributed by atoms with Gasteiger partial charge in [-0.15, -0.1) is 0 Å². The number of Topliss-reactive ketones (excluding diaryl/α,β-unsaturated/α-hetero) is 2. The summed E-state index contributed by atoms with van der Waals surface area (Å²) in [6, 6.07) is 4.46. The van der Waals surface area contributed by atoms with Crippen LogP contribution in [0.2, 0.25) is 0 Å². The molecule has 10 heteroatoms. The van der Waals surface area contributed by atoms with Crippen molar-refractivity contribution >= 4 is 23.2 Å². The zero-order valence-corrected chi connectivity index (χ0v) is 17.7. The summed E-state index contributed by atoms with van der Waals surface area (Å²) in [6.45, 7) is 1.38. The van der Waals surface area contributed by atoms with Crippen LogP contribution in [0.25, 0.3) is 5.76 Å². The van der Waals surface area contributed by atoms with Gasteiger partial charge in [-0.2, -0.15) is 0 Å². The topological polar surface area (TPSA) is 182 Å². The number of aromatic hydroxyl groups is 1. The van der Waals surface area contributed by atoms with Crippen molar-refractivity contribution in [3.05, 3.63) is 46.2 Å². The van der Waals surface area contributed by atoms with Crippen LogP contribution in [0.5, 0.6) is 5.75 Å². The normalized spacial score (nSPS) is 34.4. The number of amides is 1. The smallest absolute Gasteiger partial charge is 0.255 e. The summed E-state index contributed by atoms with van der Waals surface area (Å²) in [7, 11) is 2.97. The van der Waals surface area contributed by atoms with Crippen molar-refractivity contribution < 1.29 is 39.9 Å². The average molecular weight is 444 g/mol. The van der Waals surface area contributed by atoms with E-state index in [1.54, 1.807) is 12.1 Å². The van der Waals surface area contributed by atoms with Gasteiger partial charge in [0.1, 0.15) is 22.8 Å². The zero-order valence-electron chi connectivity index (χ0n) is 17.7. The number of hydrogen-bond acceptors (Lipinski definition) is 9. The highest BCUT2D eigenvalue weighted by atomic mass is 16.3. The van der Waals surface area contributed by atoms with E-state index in [2.05, 4.69) is 0 Å². The van der Waals surface area contributed by atoms with E-state index in [1.807, 2.05) is 0 Å². The van der Waals surface area contributed by atoms with Crippen molar-refractivity contribution in [1.82, 2.24) is 4.90 Å². The minimum Gasteiger partial charge on any atom is -0.509 e. The molecule has 0 aliphatic heterocycles. The van der Waals surface area contributed by atoms with E-state index in [0.717, 1.165) is 0 Å². The van der Waals surface area contributed by atoms with E-state index in [1.165, 1.54) is 32.0 Å². The van der Waals surface area contributed by atoms with Crippen LogP contribution in [0.3, 0.4) is 0 Å². The molecule has 170 valence electrons. The second kappa shape index (κ2) is 6.64. The van der Waals surface area contributed by atoms with Crippen molar-refractivity contribution in [3.8, 4) is 5.75 Å². The Bertz CT molecular complexity index is 1150. The Hall–Kier alpha value is -3.21. The molecule has 1 amide bonds. The lowest BCUT2D eigenvalue weighted by Gasteiger charge is -2.57. The molecule has 0 aromatic heterocycles. The molecule has 1 aromatic carbocycles. The minimum absolute atomic E-state index is 0.0213. The highest BCUT2D eigenvalue weighted by molar-refractivity contribution is 6.33. The molecule has 7 N–H and O–H groups in total. The molecule has 3 aliphatic carbocycles. The molecule has 1 aromatic rings. The molecule has 1 fully saturated rings. The second-order valence-electron chi connectivity index (χ2n) is 8.91. The van der Waals surface area contributed by atoms with E-state index in [-0.39, 0.29) is 17.7 Å². The fourth-order valence-corrected chi connectivity index (χ4v) is 5.47. The number of primary amides is 1. The number of fused-ring (bicyclic) bond motifs is 3. The average Bonchev–Trinajstić information content (AvgIpc) is 2.70. The molecule has 0 spiro atoms. The van der Waals surface area contributed by atoms with E-state index in [4.69, 9.17) is 5.73 Å². The summed E-state index contributed by atoms with van der Waals surface area (Å²) >= 11 is 0. The molecular weight excluding hydrogens is 420 g/mol. The number of carbonyl (C=O) groups excluding carboxylic acids is 3. The number of phenols is 1. The molecule has 5 unspecified atom stereocenters. The number of benzene rings is 1. The molecule has 5 atom stereocenters. The van der Waals surface area contributed by atoms with Gasteiger partial charge in [-0.25, -0.2) is 0 Å². The number of nitrogens with zero attached hydrogens (tertiary/aromatic N) is 1. The summed E-state index contributed by atoms with van der Waals surface area (Å²) in [6.07, 6.45) is -1.58. The SMILES string of the molecule is CN(C)C1(C)C(O)=C(C(N)=O)C(=O)C2(O)C(=O)C3=C(O)c4c(O)cccc4CC3C(O)C21. The van der Waals surface area contributed by atoms with E-state index in [0.29, 0.717) is 5.56 Å². The van der Waals surface area contributed by atoms with Crippen LogP contribution in [0.1, 0.15) is 18.1 Å². The van der Waals surface area contributed by atoms with Crippen LogP contribution >= 0.6 is 0 Å². The molecular formula is C22H24N2O8. The van der Waals surface area contributed by atoms with Crippen molar-refractivity contribution in [1.29, 1.82) is 0 Å². The number of rotatable bonds is 2. The molecule has 1 saturated carbocycles. The Balaban J connectivity index is 2.06. The lowest BCUT2D eigenvalue weighted by atomic mass is 9.52. The number of aliphatic hydroxyl groups excluding tert-OH is 3. The van der Waals surface area contributed by atoms with E-state index >= 15 is 0 Å². The Morgan fingerprint density at radius 3 is 2.34 bits per heavy atom. The Morgan fingerprint density at radius 1 is 1.16 bits per heavy atom. The monoisotopic (exact) mass is 444 g/mol. The predicted molar refractivity (Wildman–Crippen MR) is 110 cm³/mol. The first-order chi connectivity index (χ1) is 14.8. The molecule has 0 heterocycles. The largest absolute Gasteiger partial charge is 0.509 e. The van der Waals surface area contributed by atoms with Crippen LogP contribution in [0.15, 0.2) is 35.1 Å². The van der Waals surface area contributed by atoms with Crippen molar-refractivity contribution in [2.45, 2.75) is 30.6 Å². The summed E-state index contributed by atoms with van der Waals surface area (Å²) in [4.78, 5) is 40.3. The maximum Gasteiger partial charge on any atom is 0.255 e. The maximum atomic E-state index is 13.6. The summed E-state index contributed by atoms with van der Waals surface area (Å²) < 4.78 is 0. The first-order valence-corrected chi connectivity index (χ1v) is 9.96. The predicted octanol–water partition coefficient (Wildman–Crippen LogP) is -0.675. The van der Waals surface area contributed by atoms with Gasteiger partial charge in [0.2, 0.25) is 11.6 Å². The lowest BCUT2D eigenvalue weighted by molar-refractivity contribution is -0.183. The van der Waals surface area contributed by atoms with Gasteiger partial charge >= 0.3 is 0 Å². The fourth-order valence-electron chi connectivity index (χ4n) is 5.47. The van der Waals surface area contributed by atoms with Gasteiger partial charge in [0.25, 0.3) is 5.91 Å². The molecule has 0 radical (unpaired) electrons. The Labute approximate surface area is 182 Å². The Kier molecular flexibility index (Phi) is 4.57. The summed E-state index contributed by atoms with van der Waals surface area (Å²) in [5.41, 5.74) is -0.374. The first kappa shape index (κ1) is 22.0. The quantitative estimate of drug-likeness (QED) is 0.254. The number of hydrogen-bond donors (Lipinski definition) is 6. The van der Waals surface area contributed by atoms with E-state index < -0.39 is 69.2 Å². The fraction of sp³-hybridized carbons (Fsp3) is 0.409. The number of ketones is 2. The van der Waals surface area contributed by atoms with Crippen LogP contribution in [0, 0.1) is 11.8 Å². The van der Waals surface area contributed by atoms with Crippen LogP contribution in [-0.4, -0.2) is 79.2 Å². The summed E-state index contributed by atoms with van der Waals surface area (Å²) in [5, 5.41) is 54.9. The van der Waals surface area contributed by atoms with Gasteiger partial charge in [-0.3, -0.25) is 19.3 Å². The highest BCUT2D eigenvalue weighted by Crippen LogP contribution is 2.55. The highest BCUT2D eigenvalue weighted by Gasteiger charge is 2.71. The van der Waals surface area contributed by atoms with Gasteiger partial charge in [0, 0.05) is 11.5 Å². The molecule has 4 rings (SSSR count). The maximum absolute atomic E-state index is 13.6. The molecule has 0 bridgehead atoms. The lowest BCUT2D eigenvalue weighted by Crippen LogP contribution is -2.75. The molecule has 3 aliphatic rings. The zero-order chi connectivity index (χ0) is 23.9. The van der Waals surface area contributed by atoms with Crippen LogP contribution in [0.4, 0.5) is 0 Å². The number of carbonyl (C=O) groups is 3. The van der Waals surface area contributed by atoms with E-state index in [9.17, 15) is 39.9 Å². The van der Waals surface area contributed by atoms with Crippen LogP contribution < -0.4 is 5.73 Å². The minimum atomic E-state index is -2.99. The van der Waals surface area contributed by atoms with Crippen molar-refractivity contribution in [2.75, 3.05) is 14.1 Å². The van der Waals surface area contributed by atoms with Crippen molar-refractivity contribution in [2.24, 2.45) is 17.6 Å². The van der Waals surface area contributed by atoms with Crippen molar-refractivity contribution in [3.63, 3.8) is 0 Å². The van der Waals surface area contributed by atoms with Gasteiger partial charge in [-0.05, 0) is 39.1 Å². The van der Waals surface area contributed by atoms with Gasteiger partial charge < -0.3 is 31.3 Å². The number of likely N-dealkylation sites (N-methyl/N-ethyl adjacent to an activating group) is 1. The molecule has 32 heavy (non-hydrogen) atoms. The van der Waals surface area contributed by atoms with Gasteiger partial charge in [-0.1, -0.05) is 12.1 Å². The Morgan fingerprint density at radius 2 is 1.78 bits per heavy atom. The second-order valence-corrected chi connectivity index (χ2v) is 8.91. The third-order valence-electron chi connectivity index (χ3n) is 7.30. The summed E-state index contributed by atoms with van der Waals surface area (Å²) in [5.74, 6) is -8.37.